The van der Waals surface area contributed by atoms with Gasteiger partial charge in [-0.1, -0.05) is 12.1 Å². The van der Waals surface area contributed by atoms with Gasteiger partial charge in [-0.25, -0.2) is 14.4 Å². The molecule has 1 aliphatic heterocycles. The molecule has 0 bridgehead atoms. The summed E-state index contributed by atoms with van der Waals surface area (Å²) in [6.07, 6.45) is 0.942. The number of fused-ring (bicyclic) bond motifs is 1. The second kappa shape index (κ2) is 7.99. The molecule has 0 atom stereocenters. The molecule has 6 heteroatoms. The van der Waals surface area contributed by atoms with E-state index in [0.29, 0.717) is 19.5 Å². The van der Waals surface area contributed by atoms with E-state index in [-0.39, 0.29) is 18.1 Å². The van der Waals surface area contributed by atoms with Crippen molar-refractivity contribution in [3.8, 4) is 17.0 Å². The summed E-state index contributed by atoms with van der Waals surface area (Å²) in [4.78, 5) is 23.9. The number of ether oxygens (including phenoxy) is 1. The minimum absolute atomic E-state index is 0.0171. The lowest BCUT2D eigenvalue weighted by Crippen LogP contribution is -2.37. The van der Waals surface area contributed by atoms with Gasteiger partial charge >= 0.3 is 0 Å². The zero-order valence-corrected chi connectivity index (χ0v) is 16.5. The van der Waals surface area contributed by atoms with E-state index in [1.807, 2.05) is 36.1 Å². The van der Waals surface area contributed by atoms with E-state index in [1.54, 1.807) is 19.2 Å². The molecule has 0 saturated heterocycles. The van der Waals surface area contributed by atoms with Crippen LogP contribution in [0.4, 0.5) is 4.39 Å². The number of methoxy groups -OCH3 is 1. The first-order valence-corrected chi connectivity index (χ1v) is 9.56. The summed E-state index contributed by atoms with van der Waals surface area (Å²) in [5.41, 5.74) is 4.61. The smallest absolute Gasteiger partial charge is 0.227 e. The maximum Gasteiger partial charge on any atom is 0.227 e. The molecule has 0 saturated carbocycles. The quantitative estimate of drug-likeness (QED) is 0.680. The first kappa shape index (κ1) is 19.1. The van der Waals surface area contributed by atoms with E-state index >= 15 is 0 Å². The Morgan fingerprint density at radius 2 is 1.83 bits per heavy atom. The van der Waals surface area contributed by atoms with Gasteiger partial charge in [0.05, 0.1) is 24.9 Å². The predicted octanol–water partition coefficient (Wildman–Crippen LogP) is 3.73. The van der Waals surface area contributed by atoms with Gasteiger partial charge < -0.3 is 9.64 Å². The van der Waals surface area contributed by atoms with Crippen molar-refractivity contribution in [3.63, 3.8) is 0 Å². The molecule has 4 rings (SSSR count). The highest BCUT2D eigenvalue weighted by atomic mass is 19.1. The number of aryl methyl sites for hydroxylation is 1. The van der Waals surface area contributed by atoms with Crippen molar-refractivity contribution in [2.24, 2.45) is 0 Å². The molecule has 2 aromatic carbocycles. The van der Waals surface area contributed by atoms with Crippen LogP contribution < -0.4 is 4.74 Å². The van der Waals surface area contributed by atoms with Gasteiger partial charge in [-0.05, 0) is 48.9 Å². The van der Waals surface area contributed by atoms with Crippen LogP contribution in [0.25, 0.3) is 11.3 Å². The van der Waals surface area contributed by atoms with Gasteiger partial charge in [0, 0.05) is 30.6 Å². The van der Waals surface area contributed by atoms with Crippen LogP contribution >= 0.6 is 0 Å². The number of hydrogen-bond donors (Lipinski definition) is 0. The third-order valence-electron chi connectivity index (χ3n) is 5.16. The minimum Gasteiger partial charge on any atom is -0.497 e. The van der Waals surface area contributed by atoms with Crippen molar-refractivity contribution in [3.05, 3.63) is 77.0 Å². The van der Waals surface area contributed by atoms with Crippen molar-refractivity contribution >= 4 is 5.91 Å². The van der Waals surface area contributed by atoms with Crippen molar-refractivity contribution < 1.29 is 13.9 Å². The summed E-state index contributed by atoms with van der Waals surface area (Å²) in [5, 5.41) is 0. The van der Waals surface area contributed by atoms with E-state index < -0.39 is 0 Å². The van der Waals surface area contributed by atoms with Crippen LogP contribution in [0.1, 0.15) is 22.6 Å². The fourth-order valence-electron chi connectivity index (χ4n) is 3.63. The van der Waals surface area contributed by atoms with Gasteiger partial charge in [0.15, 0.2) is 0 Å². The van der Waals surface area contributed by atoms with E-state index in [9.17, 15) is 9.18 Å². The SMILES string of the molecule is COc1ccc(-c2nc(C)nc3c2CN(C(=O)Cc2ccc(F)cc2)CC3)cc1. The highest BCUT2D eigenvalue weighted by Gasteiger charge is 2.25. The average molecular weight is 391 g/mol. The standard InChI is InChI=1S/C23H22FN3O2/c1-15-25-21-11-12-27(22(28)13-16-3-7-18(24)8-4-16)14-20(21)23(26-15)17-5-9-19(29-2)10-6-17/h3-10H,11-14H2,1-2H3. The lowest BCUT2D eigenvalue weighted by Gasteiger charge is -2.30. The molecule has 1 amide bonds. The van der Waals surface area contributed by atoms with Crippen molar-refractivity contribution in [2.75, 3.05) is 13.7 Å². The summed E-state index contributed by atoms with van der Waals surface area (Å²) in [6, 6.07) is 13.8. The summed E-state index contributed by atoms with van der Waals surface area (Å²) in [5.74, 6) is 1.22. The molecule has 0 aliphatic carbocycles. The van der Waals surface area contributed by atoms with Crippen LogP contribution in [0, 0.1) is 12.7 Å². The summed E-state index contributed by atoms with van der Waals surface area (Å²) >= 11 is 0. The molecule has 0 radical (unpaired) electrons. The van der Waals surface area contributed by atoms with Gasteiger partial charge in [-0.3, -0.25) is 4.79 Å². The van der Waals surface area contributed by atoms with E-state index in [1.165, 1.54) is 12.1 Å². The fraction of sp³-hybridized carbons (Fsp3) is 0.261. The zero-order chi connectivity index (χ0) is 20.4. The van der Waals surface area contributed by atoms with Crippen LogP contribution in [0.2, 0.25) is 0 Å². The van der Waals surface area contributed by atoms with Crippen LogP contribution in [0.15, 0.2) is 48.5 Å². The van der Waals surface area contributed by atoms with Gasteiger partial charge in [-0.2, -0.15) is 0 Å². The first-order chi connectivity index (χ1) is 14.0. The third kappa shape index (κ3) is 4.11. The Hall–Kier alpha value is -3.28. The fourth-order valence-corrected chi connectivity index (χ4v) is 3.63. The zero-order valence-electron chi connectivity index (χ0n) is 16.5. The largest absolute Gasteiger partial charge is 0.497 e. The number of nitrogens with zero attached hydrogens (tertiary/aromatic N) is 3. The number of benzene rings is 2. The second-order valence-corrected chi connectivity index (χ2v) is 7.14. The number of carbonyl (C=O) groups is 1. The number of aromatic nitrogens is 2. The molecule has 0 unspecified atom stereocenters. The molecule has 0 spiro atoms. The van der Waals surface area contributed by atoms with Gasteiger partial charge in [-0.15, -0.1) is 0 Å². The summed E-state index contributed by atoms with van der Waals surface area (Å²) in [6.45, 7) is 2.97. The van der Waals surface area contributed by atoms with Crippen molar-refractivity contribution in [1.29, 1.82) is 0 Å². The van der Waals surface area contributed by atoms with E-state index in [4.69, 9.17) is 4.74 Å². The number of amides is 1. The lowest BCUT2D eigenvalue weighted by atomic mass is 9.98. The maximum atomic E-state index is 13.1. The Kier molecular flexibility index (Phi) is 5.25. The molecule has 1 aliphatic rings. The van der Waals surface area contributed by atoms with E-state index in [2.05, 4.69) is 9.97 Å². The predicted molar refractivity (Wildman–Crippen MR) is 108 cm³/mol. The monoisotopic (exact) mass is 391 g/mol. The average Bonchev–Trinajstić information content (AvgIpc) is 2.74. The minimum atomic E-state index is -0.301. The van der Waals surface area contributed by atoms with Crippen LogP contribution in [-0.2, 0) is 24.2 Å². The Morgan fingerprint density at radius 1 is 1.10 bits per heavy atom. The molecule has 0 fully saturated rings. The molecular weight excluding hydrogens is 369 g/mol. The molecule has 0 N–H and O–H groups in total. The Labute approximate surface area is 169 Å². The Morgan fingerprint density at radius 3 is 2.52 bits per heavy atom. The summed E-state index contributed by atoms with van der Waals surface area (Å²) in [7, 11) is 1.64. The first-order valence-electron chi connectivity index (χ1n) is 9.56. The molecule has 148 valence electrons. The van der Waals surface area contributed by atoms with Crippen LogP contribution in [0.5, 0.6) is 5.75 Å². The topological polar surface area (TPSA) is 55.3 Å². The van der Waals surface area contributed by atoms with Gasteiger partial charge in [0.25, 0.3) is 0 Å². The normalized spacial score (nSPS) is 13.1. The molecule has 5 nitrogen and oxygen atoms in total. The van der Waals surface area contributed by atoms with Crippen LogP contribution in [-0.4, -0.2) is 34.4 Å². The van der Waals surface area contributed by atoms with Crippen LogP contribution in [0.3, 0.4) is 0 Å². The lowest BCUT2D eigenvalue weighted by molar-refractivity contribution is -0.131. The maximum absolute atomic E-state index is 13.1. The number of rotatable bonds is 4. The summed E-state index contributed by atoms with van der Waals surface area (Å²) < 4.78 is 18.4. The Balaban J connectivity index is 1.60. The molecule has 2 heterocycles. The highest BCUT2D eigenvalue weighted by molar-refractivity contribution is 5.79. The second-order valence-electron chi connectivity index (χ2n) is 7.14. The van der Waals surface area contributed by atoms with Gasteiger partial charge in [0.1, 0.15) is 17.4 Å². The highest BCUT2D eigenvalue weighted by Crippen LogP contribution is 2.29. The molecular formula is C23H22FN3O2. The number of halogens is 1. The molecule has 1 aromatic heterocycles. The number of carbonyl (C=O) groups excluding carboxylic acids is 1. The molecule has 3 aromatic rings. The third-order valence-corrected chi connectivity index (χ3v) is 5.16. The van der Waals surface area contributed by atoms with Crippen molar-refractivity contribution in [1.82, 2.24) is 14.9 Å². The Bertz CT molecular complexity index is 1030. The van der Waals surface area contributed by atoms with E-state index in [0.717, 1.165) is 39.7 Å². The van der Waals surface area contributed by atoms with Crippen molar-refractivity contribution in [2.45, 2.75) is 26.3 Å². The molecule has 29 heavy (non-hydrogen) atoms. The van der Waals surface area contributed by atoms with Gasteiger partial charge in [0.2, 0.25) is 5.91 Å². The number of hydrogen-bond acceptors (Lipinski definition) is 4.